The van der Waals surface area contributed by atoms with Crippen LogP contribution in [0.3, 0.4) is 0 Å². The number of ketones is 1. The number of aromatic nitrogens is 1. The van der Waals surface area contributed by atoms with Gasteiger partial charge in [0, 0.05) is 54.3 Å². The van der Waals surface area contributed by atoms with Crippen LogP contribution in [0.1, 0.15) is 46.0 Å². The number of amides is 3. The number of nitrogens with one attached hydrogen (secondary N) is 1. The van der Waals surface area contributed by atoms with Crippen molar-refractivity contribution in [2.45, 2.75) is 45.1 Å². The van der Waals surface area contributed by atoms with Crippen LogP contribution >= 0.6 is 11.6 Å². The van der Waals surface area contributed by atoms with Crippen molar-refractivity contribution in [1.29, 1.82) is 0 Å². The average Bonchev–Trinajstić information content (AvgIpc) is 3.70. The molecular weight excluding hydrogens is 586 g/mol. The summed E-state index contributed by atoms with van der Waals surface area (Å²) in [5, 5.41) is 12.2. The summed E-state index contributed by atoms with van der Waals surface area (Å²) in [6.07, 6.45) is 0.148. The first-order valence-electron chi connectivity index (χ1n) is 13.7. The lowest BCUT2D eigenvalue weighted by Crippen LogP contribution is -2.46. The Morgan fingerprint density at radius 3 is 2.58 bits per heavy atom. The minimum Gasteiger partial charge on any atom is -0.481 e. The highest BCUT2D eigenvalue weighted by atomic mass is 35.5. The third-order valence-electron chi connectivity index (χ3n) is 8.00. The summed E-state index contributed by atoms with van der Waals surface area (Å²) in [7, 11) is 0. The zero-order chi connectivity index (χ0) is 31.0. The van der Waals surface area contributed by atoms with E-state index in [1.165, 1.54) is 46.9 Å². The predicted molar refractivity (Wildman–Crippen MR) is 152 cm³/mol. The van der Waals surface area contributed by atoms with E-state index in [0.29, 0.717) is 29.4 Å². The van der Waals surface area contributed by atoms with Crippen LogP contribution in [-0.4, -0.2) is 80.8 Å². The SMILES string of the molecule is CC(=O)c1cn(CC(=O)N2C[C@H](F)C[C@H]2C(=O)NCc2cccc(Cl)c2F)c2cc(C(=O)N3CCC(C(=O)O)C3)ccc12. The maximum atomic E-state index is 14.5. The summed E-state index contributed by atoms with van der Waals surface area (Å²) >= 11 is 5.80. The van der Waals surface area contributed by atoms with E-state index in [1.54, 1.807) is 12.1 Å². The molecule has 13 heteroatoms. The van der Waals surface area contributed by atoms with Gasteiger partial charge in [-0.1, -0.05) is 29.8 Å². The summed E-state index contributed by atoms with van der Waals surface area (Å²) in [6.45, 7) is 0.881. The number of aliphatic carboxylic acids is 1. The number of hydrogen-bond donors (Lipinski definition) is 2. The summed E-state index contributed by atoms with van der Waals surface area (Å²) in [4.78, 5) is 65.9. The Bertz CT molecular complexity index is 1640. The van der Waals surface area contributed by atoms with Crippen molar-refractivity contribution in [3.8, 4) is 0 Å². The number of halogens is 3. The van der Waals surface area contributed by atoms with Crippen molar-refractivity contribution < 1.29 is 37.9 Å². The maximum absolute atomic E-state index is 14.5. The molecule has 10 nitrogen and oxygen atoms in total. The number of nitrogens with zero attached hydrogens (tertiary/aromatic N) is 3. The second kappa shape index (κ2) is 12.1. The number of benzene rings is 2. The van der Waals surface area contributed by atoms with Crippen LogP contribution < -0.4 is 5.32 Å². The zero-order valence-corrected chi connectivity index (χ0v) is 23.9. The van der Waals surface area contributed by atoms with Crippen LogP contribution in [0.4, 0.5) is 8.78 Å². The maximum Gasteiger partial charge on any atom is 0.308 e. The molecule has 0 aliphatic carbocycles. The molecule has 2 N–H and O–H groups in total. The molecule has 0 bridgehead atoms. The fraction of sp³-hybridized carbons (Fsp3) is 0.367. The molecule has 0 spiro atoms. The molecule has 3 heterocycles. The molecule has 5 rings (SSSR count). The first-order valence-corrected chi connectivity index (χ1v) is 14.1. The van der Waals surface area contributed by atoms with Crippen molar-refractivity contribution in [1.82, 2.24) is 19.7 Å². The average molecular weight is 615 g/mol. The molecule has 2 aliphatic rings. The minimum absolute atomic E-state index is 0.0805. The topological polar surface area (TPSA) is 129 Å². The fourth-order valence-corrected chi connectivity index (χ4v) is 5.89. The van der Waals surface area contributed by atoms with Crippen molar-refractivity contribution in [3.05, 3.63) is 70.1 Å². The monoisotopic (exact) mass is 614 g/mol. The predicted octanol–water partition coefficient (Wildman–Crippen LogP) is 3.44. The lowest BCUT2D eigenvalue weighted by atomic mass is 10.1. The molecule has 1 aromatic heterocycles. The molecule has 2 fully saturated rings. The first kappa shape index (κ1) is 30.1. The number of alkyl halides is 1. The number of hydrogen-bond acceptors (Lipinski definition) is 5. The Morgan fingerprint density at radius 1 is 1.12 bits per heavy atom. The van der Waals surface area contributed by atoms with Crippen LogP contribution in [0.15, 0.2) is 42.6 Å². The molecule has 3 aromatic rings. The van der Waals surface area contributed by atoms with Crippen molar-refractivity contribution in [3.63, 3.8) is 0 Å². The van der Waals surface area contributed by atoms with Gasteiger partial charge in [-0.3, -0.25) is 24.0 Å². The molecule has 0 saturated carbocycles. The number of fused-ring (bicyclic) bond motifs is 1. The Hall–Kier alpha value is -4.32. The number of Topliss-reactive ketones (excluding diaryl/α,β-unsaturated/α-hetero) is 1. The number of carbonyl (C=O) groups excluding carboxylic acids is 4. The van der Waals surface area contributed by atoms with Crippen LogP contribution in [0.25, 0.3) is 10.9 Å². The minimum atomic E-state index is -1.45. The summed E-state index contributed by atoms with van der Waals surface area (Å²) < 4.78 is 30.3. The van der Waals surface area contributed by atoms with Gasteiger partial charge >= 0.3 is 5.97 Å². The molecule has 43 heavy (non-hydrogen) atoms. The van der Waals surface area contributed by atoms with E-state index >= 15 is 0 Å². The quantitative estimate of drug-likeness (QED) is 0.374. The van der Waals surface area contributed by atoms with E-state index in [9.17, 15) is 37.9 Å². The normalized spacial score (nSPS) is 20.0. The van der Waals surface area contributed by atoms with E-state index in [-0.39, 0.29) is 60.4 Å². The standard InChI is InChI=1S/C30H29ClF2N4O6/c1-16(38)22-14-36(24-9-17(5-6-21(22)24)29(41)35-8-7-19(12-35)30(42)43)15-26(39)37-13-20(32)10-25(37)28(40)34-11-18-3-2-4-23(31)27(18)33/h2-6,9,14,19-20,25H,7-8,10-13,15H2,1H3,(H,34,40)(H,42,43)/t19?,20-,25+/m1/s1. The van der Waals surface area contributed by atoms with Gasteiger partial charge in [0.05, 0.1) is 23.0 Å². The third-order valence-corrected chi connectivity index (χ3v) is 8.29. The summed E-state index contributed by atoms with van der Waals surface area (Å²) in [5.74, 6) is -4.17. The second-order valence-corrected chi connectivity index (χ2v) is 11.3. The van der Waals surface area contributed by atoms with Gasteiger partial charge in [-0.25, -0.2) is 8.78 Å². The molecule has 2 aromatic carbocycles. The smallest absolute Gasteiger partial charge is 0.308 e. The van der Waals surface area contributed by atoms with Gasteiger partial charge in [0.25, 0.3) is 5.91 Å². The number of rotatable bonds is 8. The van der Waals surface area contributed by atoms with E-state index < -0.39 is 41.7 Å². The van der Waals surface area contributed by atoms with E-state index in [1.807, 2.05) is 0 Å². The molecule has 226 valence electrons. The van der Waals surface area contributed by atoms with E-state index in [2.05, 4.69) is 5.32 Å². The highest BCUT2D eigenvalue weighted by Crippen LogP contribution is 2.28. The van der Waals surface area contributed by atoms with Gasteiger partial charge in [-0.15, -0.1) is 0 Å². The van der Waals surface area contributed by atoms with E-state index in [0.717, 1.165) is 4.90 Å². The number of carboxylic acids is 1. The van der Waals surface area contributed by atoms with Gasteiger partial charge in [0.2, 0.25) is 11.8 Å². The Morgan fingerprint density at radius 2 is 1.88 bits per heavy atom. The lowest BCUT2D eigenvalue weighted by molar-refractivity contribution is -0.141. The van der Waals surface area contributed by atoms with Crippen LogP contribution in [0.2, 0.25) is 5.02 Å². The first-order chi connectivity index (χ1) is 20.4. The van der Waals surface area contributed by atoms with Crippen molar-refractivity contribution in [2.75, 3.05) is 19.6 Å². The number of carbonyl (C=O) groups is 5. The largest absolute Gasteiger partial charge is 0.481 e. The third kappa shape index (κ3) is 6.10. The van der Waals surface area contributed by atoms with E-state index in [4.69, 9.17) is 11.6 Å². The second-order valence-electron chi connectivity index (χ2n) is 10.9. The summed E-state index contributed by atoms with van der Waals surface area (Å²) in [5.41, 5.74) is 1.13. The fourth-order valence-electron chi connectivity index (χ4n) is 5.70. The molecule has 1 unspecified atom stereocenters. The zero-order valence-electron chi connectivity index (χ0n) is 23.2. The highest BCUT2D eigenvalue weighted by Gasteiger charge is 2.40. The molecule has 2 saturated heterocycles. The molecule has 3 amide bonds. The van der Waals surface area contributed by atoms with Gasteiger partial charge in [-0.05, 0) is 31.5 Å². The van der Waals surface area contributed by atoms with Crippen LogP contribution in [0.5, 0.6) is 0 Å². The van der Waals surface area contributed by atoms with Crippen molar-refractivity contribution >= 4 is 52.0 Å². The lowest BCUT2D eigenvalue weighted by Gasteiger charge is -2.24. The Labute approximate surface area is 250 Å². The van der Waals surface area contributed by atoms with Gasteiger partial charge in [0.15, 0.2) is 5.78 Å². The Kier molecular flexibility index (Phi) is 8.50. The Balaban J connectivity index is 1.36. The molecule has 2 aliphatic heterocycles. The van der Waals surface area contributed by atoms with Gasteiger partial charge < -0.3 is 24.8 Å². The highest BCUT2D eigenvalue weighted by molar-refractivity contribution is 6.30. The van der Waals surface area contributed by atoms with Crippen molar-refractivity contribution in [2.24, 2.45) is 5.92 Å². The molecule has 3 atom stereocenters. The molecule has 0 radical (unpaired) electrons. The van der Waals surface area contributed by atoms with Gasteiger partial charge in [-0.2, -0.15) is 0 Å². The van der Waals surface area contributed by atoms with Crippen LogP contribution in [-0.2, 0) is 27.5 Å². The number of carboxylic acid groups (broad SMARTS) is 1. The molecular formula is C30H29ClF2N4O6. The summed E-state index contributed by atoms with van der Waals surface area (Å²) in [6, 6.07) is 7.91. The van der Waals surface area contributed by atoms with Gasteiger partial charge in [0.1, 0.15) is 24.6 Å². The van der Waals surface area contributed by atoms with Crippen LogP contribution in [0, 0.1) is 11.7 Å². The number of likely N-dealkylation sites (tertiary alicyclic amines) is 2.